The Balaban J connectivity index is 1.59. The lowest BCUT2D eigenvalue weighted by atomic mass is 10.0. The van der Waals surface area contributed by atoms with E-state index >= 15 is 0 Å². The number of carbonyl (C=O) groups is 1. The summed E-state index contributed by atoms with van der Waals surface area (Å²) in [6, 6.07) is 20.4. The summed E-state index contributed by atoms with van der Waals surface area (Å²) < 4.78 is 19.0. The lowest BCUT2D eigenvalue weighted by molar-refractivity contribution is -0.118. The van der Waals surface area contributed by atoms with E-state index in [-0.39, 0.29) is 12.3 Å². The lowest BCUT2D eigenvalue weighted by Crippen LogP contribution is -2.20. The van der Waals surface area contributed by atoms with Crippen LogP contribution in [0.2, 0.25) is 5.02 Å². The van der Waals surface area contributed by atoms with Gasteiger partial charge in [0.15, 0.2) is 6.61 Å². The van der Waals surface area contributed by atoms with Gasteiger partial charge < -0.3 is 10.1 Å². The van der Waals surface area contributed by atoms with E-state index in [1.54, 1.807) is 24.3 Å². The van der Waals surface area contributed by atoms with Crippen molar-refractivity contribution in [2.45, 2.75) is 0 Å². The molecular weight excluding hydrogens is 367 g/mol. The predicted octanol–water partition coefficient (Wildman–Crippen LogP) is 5.04. The quantitative estimate of drug-likeness (QED) is 0.674. The molecule has 0 aliphatic rings. The Hall–Kier alpha value is -3.36. The third kappa shape index (κ3) is 4.84. The van der Waals surface area contributed by atoms with Crippen LogP contribution in [0.1, 0.15) is 5.56 Å². The maximum absolute atomic E-state index is 13.6. The smallest absolute Gasteiger partial charge is 0.262 e. The Morgan fingerprint density at radius 1 is 1.04 bits per heavy atom. The van der Waals surface area contributed by atoms with E-state index in [1.165, 1.54) is 18.2 Å². The van der Waals surface area contributed by atoms with Gasteiger partial charge in [-0.3, -0.25) is 4.79 Å². The third-order valence-corrected chi connectivity index (χ3v) is 4.01. The first-order valence-corrected chi connectivity index (χ1v) is 8.41. The molecule has 0 fully saturated rings. The van der Waals surface area contributed by atoms with E-state index in [0.29, 0.717) is 16.3 Å². The monoisotopic (exact) mass is 380 g/mol. The molecule has 0 saturated heterocycles. The minimum absolute atomic E-state index is 0.00673. The highest BCUT2D eigenvalue weighted by molar-refractivity contribution is 6.30. The summed E-state index contributed by atoms with van der Waals surface area (Å²) in [6.07, 6.45) is 0. The number of nitriles is 1. The molecule has 0 aliphatic heterocycles. The Kier molecular flexibility index (Phi) is 5.70. The van der Waals surface area contributed by atoms with Crippen molar-refractivity contribution in [2.24, 2.45) is 0 Å². The van der Waals surface area contributed by atoms with Crippen molar-refractivity contribution in [3.63, 3.8) is 0 Å². The average molecular weight is 381 g/mol. The van der Waals surface area contributed by atoms with Crippen LogP contribution in [-0.4, -0.2) is 12.5 Å². The second kappa shape index (κ2) is 8.35. The zero-order valence-corrected chi connectivity index (χ0v) is 14.8. The zero-order valence-electron chi connectivity index (χ0n) is 14.1. The van der Waals surface area contributed by atoms with Gasteiger partial charge in [-0.1, -0.05) is 35.9 Å². The highest BCUT2D eigenvalue weighted by Crippen LogP contribution is 2.23. The van der Waals surface area contributed by atoms with Gasteiger partial charge in [-0.05, 0) is 53.6 Å². The molecule has 3 aromatic rings. The van der Waals surface area contributed by atoms with Gasteiger partial charge in [0.1, 0.15) is 11.6 Å². The van der Waals surface area contributed by atoms with Gasteiger partial charge in [0.05, 0.1) is 17.3 Å². The van der Waals surface area contributed by atoms with Crippen LogP contribution >= 0.6 is 11.6 Å². The molecule has 3 rings (SSSR count). The lowest BCUT2D eigenvalue weighted by Gasteiger charge is -2.09. The Bertz CT molecular complexity index is 996. The van der Waals surface area contributed by atoms with Crippen LogP contribution in [0.3, 0.4) is 0 Å². The number of hydrogen-bond acceptors (Lipinski definition) is 3. The predicted molar refractivity (Wildman–Crippen MR) is 102 cm³/mol. The number of rotatable bonds is 5. The molecule has 1 amide bonds. The number of anilines is 1. The number of amides is 1. The van der Waals surface area contributed by atoms with Crippen molar-refractivity contribution in [1.82, 2.24) is 0 Å². The first kappa shape index (κ1) is 18.4. The maximum atomic E-state index is 13.6. The van der Waals surface area contributed by atoms with Gasteiger partial charge in [0.2, 0.25) is 0 Å². The van der Waals surface area contributed by atoms with E-state index in [0.717, 1.165) is 11.1 Å². The first-order valence-electron chi connectivity index (χ1n) is 8.03. The molecule has 0 unspecified atom stereocenters. The van der Waals surface area contributed by atoms with Crippen LogP contribution in [0, 0.1) is 17.1 Å². The SMILES string of the molecule is N#Cc1ccc(-c2ccc(OCC(=O)Nc3cc(Cl)ccc3F)cc2)cc1. The number of hydrogen-bond donors (Lipinski definition) is 1. The number of ether oxygens (including phenoxy) is 1. The molecule has 0 aromatic heterocycles. The van der Waals surface area contributed by atoms with Gasteiger partial charge >= 0.3 is 0 Å². The van der Waals surface area contributed by atoms with Crippen LogP contribution in [0.15, 0.2) is 66.7 Å². The summed E-state index contributed by atoms with van der Waals surface area (Å²) in [4.78, 5) is 11.9. The fourth-order valence-electron chi connectivity index (χ4n) is 2.41. The summed E-state index contributed by atoms with van der Waals surface area (Å²) >= 11 is 5.79. The zero-order chi connectivity index (χ0) is 19.2. The number of benzene rings is 3. The topological polar surface area (TPSA) is 62.1 Å². The molecule has 134 valence electrons. The van der Waals surface area contributed by atoms with Crippen molar-refractivity contribution in [3.05, 3.63) is 83.1 Å². The van der Waals surface area contributed by atoms with Crippen molar-refractivity contribution in [2.75, 3.05) is 11.9 Å². The van der Waals surface area contributed by atoms with Crippen LogP contribution in [0.4, 0.5) is 10.1 Å². The van der Waals surface area contributed by atoms with Gasteiger partial charge in [0.25, 0.3) is 5.91 Å². The van der Waals surface area contributed by atoms with E-state index in [1.807, 2.05) is 24.3 Å². The molecular formula is C21H14ClFN2O2. The molecule has 0 saturated carbocycles. The molecule has 4 nitrogen and oxygen atoms in total. The van der Waals surface area contributed by atoms with E-state index in [2.05, 4.69) is 11.4 Å². The number of carbonyl (C=O) groups excluding carboxylic acids is 1. The summed E-state index contributed by atoms with van der Waals surface area (Å²) in [5.41, 5.74) is 2.53. The van der Waals surface area contributed by atoms with Crippen LogP contribution in [0.25, 0.3) is 11.1 Å². The first-order chi connectivity index (χ1) is 13.0. The van der Waals surface area contributed by atoms with Crippen LogP contribution in [-0.2, 0) is 4.79 Å². The van der Waals surface area contributed by atoms with Crippen molar-refractivity contribution >= 4 is 23.2 Å². The molecule has 1 N–H and O–H groups in total. The molecule has 3 aromatic carbocycles. The second-order valence-electron chi connectivity index (χ2n) is 5.67. The Morgan fingerprint density at radius 3 is 2.30 bits per heavy atom. The summed E-state index contributed by atoms with van der Waals surface area (Å²) in [5, 5.41) is 11.6. The van der Waals surface area contributed by atoms with E-state index in [9.17, 15) is 9.18 Å². The minimum Gasteiger partial charge on any atom is -0.484 e. The van der Waals surface area contributed by atoms with Crippen LogP contribution < -0.4 is 10.1 Å². The fraction of sp³-hybridized carbons (Fsp3) is 0.0476. The summed E-state index contributed by atoms with van der Waals surface area (Å²) in [5.74, 6) is -0.555. The fourth-order valence-corrected chi connectivity index (χ4v) is 2.58. The summed E-state index contributed by atoms with van der Waals surface area (Å²) in [7, 11) is 0. The van der Waals surface area contributed by atoms with E-state index < -0.39 is 11.7 Å². The molecule has 0 spiro atoms. The van der Waals surface area contributed by atoms with E-state index in [4.69, 9.17) is 21.6 Å². The van der Waals surface area contributed by atoms with Crippen LogP contribution in [0.5, 0.6) is 5.75 Å². The van der Waals surface area contributed by atoms with Crippen molar-refractivity contribution in [1.29, 1.82) is 5.26 Å². The molecule has 0 bridgehead atoms. The largest absolute Gasteiger partial charge is 0.484 e. The average Bonchev–Trinajstić information content (AvgIpc) is 2.70. The van der Waals surface area contributed by atoms with Gasteiger partial charge in [-0.15, -0.1) is 0 Å². The summed E-state index contributed by atoms with van der Waals surface area (Å²) in [6.45, 7) is -0.262. The third-order valence-electron chi connectivity index (χ3n) is 3.77. The minimum atomic E-state index is -0.570. The molecule has 0 atom stereocenters. The number of nitrogens with one attached hydrogen (secondary N) is 1. The highest BCUT2D eigenvalue weighted by atomic mass is 35.5. The van der Waals surface area contributed by atoms with Gasteiger partial charge in [-0.2, -0.15) is 5.26 Å². The Morgan fingerprint density at radius 2 is 1.67 bits per heavy atom. The number of nitrogens with zero attached hydrogens (tertiary/aromatic N) is 1. The van der Waals surface area contributed by atoms with Crippen molar-refractivity contribution in [3.8, 4) is 22.9 Å². The van der Waals surface area contributed by atoms with Gasteiger partial charge in [0, 0.05) is 5.02 Å². The molecule has 0 heterocycles. The molecule has 0 radical (unpaired) electrons. The molecule has 0 aliphatic carbocycles. The highest BCUT2D eigenvalue weighted by Gasteiger charge is 2.09. The second-order valence-corrected chi connectivity index (χ2v) is 6.11. The normalized spacial score (nSPS) is 10.1. The maximum Gasteiger partial charge on any atom is 0.262 e. The van der Waals surface area contributed by atoms with Gasteiger partial charge in [-0.25, -0.2) is 4.39 Å². The molecule has 6 heteroatoms. The Labute approximate surface area is 160 Å². The molecule has 27 heavy (non-hydrogen) atoms. The van der Waals surface area contributed by atoms with Crippen molar-refractivity contribution < 1.29 is 13.9 Å². The number of halogens is 2. The standard InChI is InChI=1S/C21H14ClFN2O2/c22-17-7-10-19(23)20(11-17)25-21(26)13-27-18-8-5-16(6-9-18)15-3-1-14(12-24)2-4-15/h1-11H,13H2,(H,25,26).